The summed E-state index contributed by atoms with van der Waals surface area (Å²) in [5.74, 6) is 1.32. The molecule has 4 nitrogen and oxygen atoms in total. The maximum absolute atomic E-state index is 10.6. The van der Waals surface area contributed by atoms with Crippen LogP contribution in [0.15, 0.2) is 0 Å². The molecule has 1 fully saturated rings. The Kier molecular flexibility index (Phi) is 5.29. The largest absolute Gasteiger partial charge is 0.481 e. The van der Waals surface area contributed by atoms with E-state index in [4.69, 9.17) is 9.84 Å². The van der Waals surface area contributed by atoms with Crippen molar-refractivity contribution >= 4 is 17.7 Å². The van der Waals surface area contributed by atoms with Crippen molar-refractivity contribution in [3.8, 4) is 0 Å². The van der Waals surface area contributed by atoms with Gasteiger partial charge in [-0.05, 0) is 0 Å². The highest BCUT2D eigenvalue weighted by Crippen LogP contribution is 2.18. The van der Waals surface area contributed by atoms with Crippen molar-refractivity contribution in [3.63, 3.8) is 0 Å². The van der Waals surface area contributed by atoms with E-state index in [0.29, 0.717) is 6.61 Å². The number of carbonyl (C=O) groups is 1. The van der Waals surface area contributed by atoms with Crippen LogP contribution in [0.5, 0.6) is 0 Å². The first kappa shape index (κ1) is 11.8. The molecule has 1 N–H and O–H groups in total. The first-order valence-electron chi connectivity index (χ1n) is 4.76. The van der Waals surface area contributed by atoms with E-state index in [-0.39, 0.29) is 12.5 Å². The number of hydrogen-bond acceptors (Lipinski definition) is 4. The maximum Gasteiger partial charge on any atom is 0.304 e. The molecule has 1 saturated heterocycles. The van der Waals surface area contributed by atoms with Crippen molar-refractivity contribution < 1.29 is 14.6 Å². The predicted molar refractivity (Wildman–Crippen MR) is 56.8 cm³/mol. The molecule has 1 rings (SSSR count). The molecule has 0 aliphatic carbocycles. The summed E-state index contributed by atoms with van der Waals surface area (Å²) < 4.78 is 5.00. The second kappa shape index (κ2) is 6.27. The van der Waals surface area contributed by atoms with E-state index in [0.717, 1.165) is 24.6 Å². The Morgan fingerprint density at radius 3 is 3.14 bits per heavy atom. The molecule has 0 spiro atoms. The summed E-state index contributed by atoms with van der Waals surface area (Å²) in [6.45, 7) is 2.50. The minimum Gasteiger partial charge on any atom is -0.481 e. The highest BCUT2D eigenvalue weighted by atomic mass is 32.2. The number of nitrogens with zero attached hydrogens (tertiary/aromatic N) is 1. The molecule has 1 unspecified atom stereocenters. The van der Waals surface area contributed by atoms with Crippen LogP contribution in [0.4, 0.5) is 0 Å². The van der Waals surface area contributed by atoms with Gasteiger partial charge in [-0.25, -0.2) is 0 Å². The van der Waals surface area contributed by atoms with E-state index < -0.39 is 5.97 Å². The smallest absolute Gasteiger partial charge is 0.304 e. The lowest BCUT2D eigenvalue weighted by molar-refractivity contribution is -0.138. The molecule has 1 heterocycles. The van der Waals surface area contributed by atoms with Crippen LogP contribution >= 0.6 is 11.8 Å². The SMILES string of the molecule is COCCN1CCSCC1CC(=O)O. The van der Waals surface area contributed by atoms with Crippen molar-refractivity contribution in [1.29, 1.82) is 0 Å². The lowest BCUT2D eigenvalue weighted by Crippen LogP contribution is -2.45. The van der Waals surface area contributed by atoms with Crippen LogP contribution in [0.1, 0.15) is 6.42 Å². The number of rotatable bonds is 5. The fraction of sp³-hybridized carbons (Fsp3) is 0.889. The summed E-state index contributed by atoms with van der Waals surface area (Å²) in [5.41, 5.74) is 0. The standard InChI is InChI=1S/C9H17NO3S/c1-13-4-2-10-3-5-14-7-8(10)6-9(11)12/h8H,2-7H2,1H3,(H,11,12). The van der Waals surface area contributed by atoms with E-state index in [2.05, 4.69) is 4.90 Å². The highest BCUT2D eigenvalue weighted by Gasteiger charge is 2.24. The molecule has 0 bridgehead atoms. The minimum atomic E-state index is -0.708. The van der Waals surface area contributed by atoms with Crippen LogP contribution in [-0.2, 0) is 9.53 Å². The lowest BCUT2D eigenvalue weighted by atomic mass is 10.2. The van der Waals surface area contributed by atoms with Crippen LogP contribution in [-0.4, -0.2) is 60.3 Å². The fourth-order valence-electron chi connectivity index (χ4n) is 1.58. The summed E-state index contributed by atoms with van der Waals surface area (Å²) in [6.07, 6.45) is 0.247. The normalized spacial score (nSPS) is 23.6. The van der Waals surface area contributed by atoms with Gasteiger partial charge in [-0.15, -0.1) is 0 Å². The van der Waals surface area contributed by atoms with Crippen molar-refractivity contribution in [2.75, 3.05) is 38.3 Å². The molecular formula is C9H17NO3S. The minimum absolute atomic E-state index is 0.182. The first-order chi connectivity index (χ1) is 6.74. The second-order valence-corrected chi connectivity index (χ2v) is 4.51. The van der Waals surface area contributed by atoms with E-state index in [9.17, 15) is 4.79 Å². The van der Waals surface area contributed by atoms with Gasteiger partial charge in [0.15, 0.2) is 0 Å². The van der Waals surface area contributed by atoms with Gasteiger partial charge in [0.25, 0.3) is 0 Å². The summed E-state index contributed by atoms with van der Waals surface area (Å²) in [7, 11) is 1.67. The number of aliphatic carboxylic acids is 1. The summed E-state index contributed by atoms with van der Waals surface area (Å²) in [4.78, 5) is 12.8. The summed E-state index contributed by atoms with van der Waals surface area (Å²) >= 11 is 1.84. The average molecular weight is 219 g/mol. The third-order valence-electron chi connectivity index (χ3n) is 2.34. The summed E-state index contributed by atoms with van der Waals surface area (Å²) in [6, 6.07) is 0.182. The van der Waals surface area contributed by atoms with Gasteiger partial charge in [-0.2, -0.15) is 11.8 Å². The molecule has 1 aliphatic heterocycles. The third-order valence-corrected chi connectivity index (χ3v) is 3.43. The molecule has 1 atom stereocenters. The zero-order valence-electron chi connectivity index (χ0n) is 8.44. The Hall–Kier alpha value is -0.260. The van der Waals surface area contributed by atoms with Gasteiger partial charge in [-0.1, -0.05) is 0 Å². The molecule has 0 radical (unpaired) electrons. The predicted octanol–water partition coefficient (Wildman–Crippen LogP) is 0.525. The van der Waals surface area contributed by atoms with Crippen LogP contribution < -0.4 is 0 Å². The molecule has 5 heteroatoms. The molecule has 0 amide bonds. The topological polar surface area (TPSA) is 49.8 Å². The Morgan fingerprint density at radius 1 is 1.71 bits per heavy atom. The number of ether oxygens (including phenoxy) is 1. The molecule has 0 aromatic carbocycles. The van der Waals surface area contributed by atoms with Gasteiger partial charge in [0.2, 0.25) is 0 Å². The van der Waals surface area contributed by atoms with Crippen molar-refractivity contribution in [1.82, 2.24) is 4.90 Å². The first-order valence-corrected chi connectivity index (χ1v) is 5.92. The maximum atomic E-state index is 10.6. The Bertz CT molecular complexity index is 189. The van der Waals surface area contributed by atoms with E-state index in [1.807, 2.05) is 11.8 Å². The van der Waals surface area contributed by atoms with E-state index >= 15 is 0 Å². The molecule has 82 valence electrons. The van der Waals surface area contributed by atoms with Crippen LogP contribution in [0.25, 0.3) is 0 Å². The van der Waals surface area contributed by atoms with Crippen molar-refractivity contribution in [2.45, 2.75) is 12.5 Å². The molecule has 1 aliphatic rings. The molecule has 0 aromatic heterocycles. The zero-order valence-corrected chi connectivity index (χ0v) is 9.26. The van der Waals surface area contributed by atoms with Crippen LogP contribution in [0.2, 0.25) is 0 Å². The second-order valence-electron chi connectivity index (χ2n) is 3.36. The Labute approximate surface area is 88.6 Å². The average Bonchev–Trinajstić information content (AvgIpc) is 2.16. The third kappa shape index (κ3) is 3.86. The number of carboxylic acids is 1. The monoisotopic (exact) mass is 219 g/mol. The van der Waals surface area contributed by atoms with Crippen molar-refractivity contribution in [3.05, 3.63) is 0 Å². The summed E-state index contributed by atoms with van der Waals surface area (Å²) in [5, 5.41) is 8.74. The van der Waals surface area contributed by atoms with E-state index in [1.54, 1.807) is 7.11 Å². The van der Waals surface area contributed by atoms with Gasteiger partial charge in [0.05, 0.1) is 13.0 Å². The molecule has 0 aromatic rings. The Morgan fingerprint density at radius 2 is 2.50 bits per heavy atom. The number of carboxylic acid groups (broad SMARTS) is 1. The number of methoxy groups -OCH3 is 1. The van der Waals surface area contributed by atoms with Gasteiger partial charge < -0.3 is 9.84 Å². The fourth-order valence-corrected chi connectivity index (χ4v) is 2.71. The highest BCUT2D eigenvalue weighted by molar-refractivity contribution is 7.99. The van der Waals surface area contributed by atoms with Gasteiger partial charge in [-0.3, -0.25) is 9.69 Å². The van der Waals surface area contributed by atoms with Crippen LogP contribution in [0, 0.1) is 0 Å². The lowest BCUT2D eigenvalue weighted by Gasteiger charge is -2.34. The van der Waals surface area contributed by atoms with E-state index in [1.165, 1.54) is 0 Å². The van der Waals surface area contributed by atoms with Crippen molar-refractivity contribution in [2.24, 2.45) is 0 Å². The zero-order chi connectivity index (χ0) is 10.4. The number of thioether (sulfide) groups is 1. The molecular weight excluding hydrogens is 202 g/mol. The quantitative estimate of drug-likeness (QED) is 0.730. The Balaban J connectivity index is 2.37. The van der Waals surface area contributed by atoms with Crippen LogP contribution in [0.3, 0.4) is 0 Å². The number of hydrogen-bond donors (Lipinski definition) is 1. The van der Waals surface area contributed by atoms with Gasteiger partial charge in [0.1, 0.15) is 0 Å². The van der Waals surface area contributed by atoms with Gasteiger partial charge >= 0.3 is 5.97 Å². The molecule has 0 saturated carbocycles. The van der Waals surface area contributed by atoms with Gasteiger partial charge in [0, 0.05) is 37.7 Å². The molecule has 14 heavy (non-hydrogen) atoms.